The van der Waals surface area contributed by atoms with Gasteiger partial charge in [-0.15, -0.1) is 0 Å². The molecule has 2 nitrogen and oxygen atoms in total. The van der Waals surface area contributed by atoms with Crippen LogP contribution in [0.25, 0.3) is 0 Å². The molecule has 3 rings (SSSR count). The van der Waals surface area contributed by atoms with Crippen LogP contribution in [0.3, 0.4) is 0 Å². The van der Waals surface area contributed by atoms with Gasteiger partial charge in [0.15, 0.2) is 0 Å². The van der Waals surface area contributed by atoms with Crippen LogP contribution in [0.15, 0.2) is 0 Å². The normalized spacial score (nSPS) is 33.4. The average molecular weight is 195 g/mol. The molecule has 0 unspecified atom stereocenters. The minimum absolute atomic E-state index is 0.850. The largest absolute Gasteiger partial charge is 0.379 e. The van der Waals surface area contributed by atoms with E-state index >= 15 is 0 Å². The van der Waals surface area contributed by atoms with Crippen molar-refractivity contribution in [2.24, 2.45) is 5.41 Å². The number of nitrogens with zero attached hydrogens (tertiary/aromatic N) is 1. The lowest BCUT2D eigenvalue weighted by Crippen LogP contribution is -2.45. The Morgan fingerprint density at radius 1 is 0.929 bits per heavy atom. The third kappa shape index (κ3) is 1.70. The van der Waals surface area contributed by atoms with Gasteiger partial charge in [-0.25, -0.2) is 0 Å². The summed E-state index contributed by atoms with van der Waals surface area (Å²) in [5, 5.41) is 0. The first-order chi connectivity index (χ1) is 6.88. The van der Waals surface area contributed by atoms with Crippen molar-refractivity contribution in [1.29, 1.82) is 0 Å². The molecule has 2 heteroatoms. The number of ether oxygens (including phenoxy) is 1. The lowest BCUT2D eigenvalue weighted by Gasteiger charge is -2.39. The van der Waals surface area contributed by atoms with Gasteiger partial charge in [0, 0.05) is 19.1 Å². The van der Waals surface area contributed by atoms with Crippen molar-refractivity contribution in [1.82, 2.24) is 4.90 Å². The van der Waals surface area contributed by atoms with E-state index in [-0.39, 0.29) is 0 Å². The summed E-state index contributed by atoms with van der Waals surface area (Å²) in [7, 11) is 0. The van der Waals surface area contributed by atoms with E-state index in [0.717, 1.165) is 24.7 Å². The number of rotatable bonds is 1. The van der Waals surface area contributed by atoms with Gasteiger partial charge in [0.2, 0.25) is 0 Å². The fraction of sp³-hybridized carbons (Fsp3) is 1.00. The summed E-state index contributed by atoms with van der Waals surface area (Å²) in [5.74, 6) is 0. The molecule has 0 aromatic heterocycles. The van der Waals surface area contributed by atoms with Gasteiger partial charge in [0.1, 0.15) is 0 Å². The Bertz CT molecular complexity index is 196. The molecule has 0 radical (unpaired) electrons. The summed E-state index contributed by atoms with van der Waals surface area (Å²) in [4.78, 5) is 2.67. The van der Waals surface area contributed by atoms with E-state index in [1.807, 2.05) is 0 Å². The molecule has 2 aliphatic carbocycles. The van der Waals surface area contributed by atoms with Crippen LogP contribution in [-0.2, 0) is 4.74 Å². The van der Waals surface area contributed by atoms with E-state index in [0.29, 0.717) is 0 Å². The van der Waals surface area contributed by atoms with Crippen LogP contribution in [0.5, 0.6) is 0 Å². The first-order valence-electron chi connectivity index (χ1n) is 6.20. The summed E-state index contributed by atoms with van der Waals surface area (Å²) < 4.78 is 5.40. The molecule has 3 aliphatic rings. The summed E-state index contributed by atoms with van der Waals surface area (Å²) in [6, 6.07) is 0.894. The second kappa shape index (κ2) is 3.49. The molecule has 2 saturated carbocycles. The minimum Gasteiger partial charge on any atom is -0.379 e. The van der Waals surface area contributed by atoms with Gasteiger partial charge in [-0.1, -0.05) is 0 Å². The lowest BCUT2D eigenvalue weighted by atomic mass is 9.83. The summed E-state index contributed by atoms with van der Waals surface area (Å²) in [6.45, 7) is 4.28. The molecule has 0 atom stereocenters. The Kier molecular flexibility index (Phi) is 2.29. The lowest BCUT2D eigenvalue weighted by molar-refractivity contribution is 0.00368. The van der Waals surface area contributed by atoms with Crippen LogP contribution in [0.2, 0.25) is 0 Å². The van der Waals surface area contributed by atoms with Crippen molar-refractivity contribution in [3.8, 4) is 0 Å². The monoisotopic (exact) mass is 195 g/mol. The highest BCUT2D eigenvalue weighted by atomic mass is 16.5. The molecular formula is C12H21NO. The summed E-state index contributed by atoms with van der Waals surface area (Å²) in [6.07, 6.45) is 9.00. The van der Waals surface area contributed by atoms with Crippen LogP contribution in [0.1, 0.15) is 38.5 Å². The number of hydrogen-bond acceptors (Lipinski definition) is 2. The van der Waals surface area contributed by atoms with Crippen molar-refractivity contribution in [3.05, 3.63) is 0 Å². The fourth-order valence-corrected chi connectivity index (χ4v) is 3.20. The zero-order valence-corrected chi connectivity index (χ0v) is 9.00. The number of morpholine rings is 1. The van der Waals surface area contributed by atoms with Gasteiger partial charge in [-0.2, -0.15) is 0 Å². The van der Waals surface area contributed by atoms with E-state index in [2.05, 4.69) is 4.90 Å². The van der Waals surface area contributed by atoms with E-state index < -0.39 is 0 Å². The fourth-order valence-electron chi connectivity index (χ4n) is 3.20. The molecule has 0 N–H and O–H groups in total. The van der Waals surface area contributed by atoms with Crippen LogP contribution in [-0.4, -0.2) is 37.2 Å². The highest BCUT2D eigenvalue weighted by Crippen LogP contribution is 2.56. The molecule has 14 heavy (non-hydrogen) atoms. The third-order valence-electron chi connectivity index (χ3n) is 4.53. The molecule has 0 aromatic rings. The topological polar surface area (TPSA) is 12.5 Å². The molecule has 0 bridgehead atoms. The standard InChI is InChI=1S/C12H21NO/c1-3-12(5-6-12)4-2-11(1)13-7-9-14-10-8-13/h11H,1-10H2. The van der Waals surface area contributed by atoms with Crippen LogP contribution >= 0.6 is 0 Å². The van der Waals surface area contributed by atoms with Gasteiger partial charge < -0.3 is 4.74 Å². The maximum atomic E-state index is 5.40. The summed E-state index contributed by atoms with van der Waals surface area (Å²) >= 11 is 0. The smallest absolute Gasteiger partial charge is 0.0594 e. The second-order valence-corrected chi connectivity index (χ2v) is 5.38. The quantitative estimate of drug-likeness (QED) is 0.635. The Hall–Kier alpha value is -0.0800. The predicted octanol–water partition coefficient (Wildman–Crippen LogP) is 2.04. The van der Waals surface area contributed by atoms with Crippen molar-refractivity contribution in [2.75, 3.05) is 26.3 Å². The molecule has 80 valence electrons. The minimum atomic E-state index is 0.850. The predicted molar refractivity (Wildman–Crippen MR) is 56.3 cm³/mol. The first-order valence-corrected chi connectivity index (χ1v) is 6.20. The highest BCUT2D eigenvalue weighted by molar-refractivity contribution is 4.98. The van der Waals surface area contributed by atoms with E-state index in [9.17, 15) is 0 Å². The van der Waals surface area contributed by atoms with E-state index in [1.54, 1.807) is 0 Å². The molecule has 1 heterocycles. The molecule has 0 amide bonds. The molecule has 3 fully saturated rings. The Morgan fingerprint density at radius 2 is 1.57 bits per heavy atom. The maximum Gasteiger partial charge on any atom is 0.0594 e. The van der Waals surface area contributed by atoms with Crippen LogP contribution in [0.4, 0.5) is 0 Å². The van der Waals surface area contributed by atoms with Crippen molar-refractivity contribution in [2.45, 2.75) is 44.6 Å². The molecule has 1 saturated heterocycles. The zero-order chi connectivity index (χ0) is 9.43. The van der Waals surface area contributed by atoms with E-state index in [4.69, 9.17) is 4.74 Å². The third-order valence-corrected chi connectivity index (χ3v) is 4.53. The zero-order valence-electron chi connectivity index (χ0n) is 9.00. The van der Waals surface area contributed by atoms with Crippen molar-refractivity contribution >= 4 is 0 Å². The number of hydrogen-bond donors (Lipinski definition) is 0. The average Bonchev–Trinajstić information content (AvgIpc) is 3.01. The van der Waals surface area contributed by atoms with Gasteiger partial charge in [0.25, 0.3) is 0 Å². The van der Waals surface area contributed by atoms with Gasteiger partial charge in [0.05, 0.1) is 13.2 Å². The van der Waals surface area contributed by atoms with Crippen molar-refractivity contribution in [3.63, 3.8) is 0 Å². The Labute approximate surface area is 86.6 Å². The molecule has 0 aromatic carbocycles. The van der Waals surface area contributed by atoms with Gasteiger partial charge >= 0.3 is 0 Å². The SMILES string of the molecule is C1CN(C2CCC3(CC2)CC3)CCO1. The Morgan fingerprint density at radius 3 is 2.14 bits per heavy atom. The van der Waals surface area contributed by atoms with Crippen molar-refractivity contribution < 1.29 is 4.74 Å². The molecule has 1 spiro atoms. The molecular weight excluding hydrogens is 174 g/mol. The second-order valence-electron chi connectivity index (χ2n) is 5.38. The first kappa shape index (κ1) is 9.17. The van der Waals surface area contributed by atoms with Gasteiger partial charge in [-0.3, -0.25) is 4.90 Å². The molecule has 1 aliphatic heterocycles. The van der Waals surface area contributed by atoms with Crippen LogP contribution in [0, 0.1) is 5.41 Å². The summed E-state index contributed by atoms with van der Waals surface area (Å²) in [5.41, 5.74) is 0.850. The highest BCUT2D eigenvalue weighted by Gasteiger charge is 2.45. The maximum absolute atomic E-state index is 5.40. The van der Waals surface area contributed by atoms with E-state index in [1.165, 1.54) is 51.6 Å². The van der Waals surface area contributed by atoms with Crippen LogP contribution < -0.4 is 0 Å². The Balaban J connectivity index is 1.53. The van der Waals surface area contributed by atoms with Gasteiger partial charge in [-0.05, 0) is 43.9 Å².